The minimum absolute atomic E-state index is 0.238. The quantitative estimate of drug-likeness (QED) is 0.622. The largest absolute Gasteiger partial charge is 0.336 e. The molecule has 3 heterocycles. The Labute approximate surface area is 178 Å². The van der Waals surface area contributed by atoms with Crippen molar-refractivity contribution in [3.05, 3.63) is 60.6 Å². The van der Waals surface area contributed by atoms with Gasteiger partial charge in [0.2, 0.25) is 0 Å². The number of aromatic nitrogens is 2. The van der Waals surface area contributed by atoms with Crippen LogP contribution in [0.3, 0.4) is 0 Å². The molecular weight excluding hydrogens is 408 g/mol. The predicted molar refractivity (Wildman–Crippen MR) is 120 cm³/mol. The highest BCUT2D eigenvalue weighted by molar-refractivity contribution is 7.18. The summed E-state index contributed by atoms with van der Waals surface area (Å²) in [6, 6.07) is 6.94. The summed E-state index contributed by atoms with van der Waals surface area (Å²) in [7, 11) is 6.12. The van der Waals surface area contributed by atoms with Crippen molar-refractivity contribution in [2.45, 2.75) is 25.9 Å². The van der Waals surface area contributed by atoms with Crippen LogP contribution in [0.2, 0.25) is 5.02 Å². The predicted octanol–water partition coefficient (Wildman–Crippen LogP) is 2.81. The van der Waals surface area contributed by atoms with Gasteiger partial charge in [0, 0.05) is 29.5 Å². The first-order chi connectivity index (χ1) is 13.9. The van der Waals surface area contributed by atoms with E-state index in [4.69, 9.17) is 11.6 Å². The molecule has 154 valence electrons. The number of aryl methyl sites for hydroxylation is 1. The molecule has 1 aliphatic rings. The lowest BCUT2D eigenvalue weighted by atomic mass is 10.1. The van der Waals surface area contributed by atoms with Gasteiger partial charge in [-0.2, -0.15) is 0 Å². The van der Waals surface area contributed by atoms with Crippen LogP contribution >= 0.6 is 22.9 Å². The van der Waals surface area contributed by atoms with Crippen molar-refractivity contribution in [3.8, 4) is 5.69 Å². The van der Waals surface area contributed by atoms with E-state index < -0.39 is 0 Å². The number of likely N-dealkylation sites (N-methyl/N-ethyl adjacent to an activating group) is 1. The van der Waals surface area contributed by atoms with Crippen LogP contribution in [0.1, 0.15) is 16.9 Å². The molecule has 0 amide bonds. The summed E-state index contributed by atoms with van der Waals surface area (Å²) >= 11 is 7.75. The lowest BCUT2D eigenvalue weighted by Crippen LogP contribution is -2.39. The van der Waals surface area contributed by atoms with Crippen LogP contribution in [-0.4, -0.2) is 53.2 Å². The maximum atomic E-state index is 13.5. The van der Waals surface area contributed by atoms with Gasteiger partial charge < -0.3 is 9.80 Å². The molecule has 29 heavy (non-hydrogen) atoms. The molecule has 0 saturated heterocycles. The summed E-state index contributed by atoms with van der Waals surface area (Å²) < 4.78 is 3.07. The molecule has 0 aliphatic carbocycles. The van der Waals surface area contributed by atoms with Gasteiger partial charge in [-0.3, -0.25) is 9.36 Å². The van der Waals surface area contributed by atoms with Crippen molar-refractivity contribution in [2.24, 2.45) is 0 Å². The zero-order chi connectivity index (χ0) is 20.7. The second-order valence-electron chi connectivity index (χ2n) is 7.88. The minimum atomic E-state index is -0.296. The second-order valence-corrected chi connectivity index (χ2v) is 9.40. The lowest BCUT2D eigenvalue weighted by molar-refractivity contribution is 0.318. The van der Waals surface area contributed by atoms with E-state index in [1.807, 2.05) is 14.1 Å². The maximum absolute atomic E-state index is 13.5. The van der Waals surface area contributed by atoms with Crippen molar-refractivity contribution < 1.29 is 0 Å². The van der Waals surface area contributed by atoms with Crippen molar-refractivity contribution in [1.29, 1.82) is 0 Å². The summed E-state index contributed by atoms with van der Waals surface area (Å²) in [6.45, 7) is 3.17. The molecule has 0 spiro atoms. The Morgan fingerprint density at radius 1 is 1.24 bits per heavy atom. The summed E-state index contributed by atoms with van der Waals surface area (Å²) in [4.78, 5) is 33.3. The molecule has 0 fully saturated rings. The third-order valence-corrected chi connectivity index (χ3v) is 6.84. The number of thiophene rings is 1. The van der Waals surface area contributed by atoms with Crippen LogP contribution in [0.5, 0.6) is 0 Å². The van der Waals surface area contributed by atoms with Crippen molar-refractivity contribution in [3.63, 3.8) is 0 Å². The summed E-state index contributed by atoms with van der Waals surface area (Å²) in [5.41, 5.74) is 1.09. The molecule has 4 rings (SSSR count). The Balaban J connectivity index is 1.98. The van der Waals surface area contributed by atoms with Gasteiger partial charge in [-0.1, -0.05) is 17.7 Å². The highest BCUT2D eigenvalue weighted by Gasteiger charge is 2.25. The Morgan fingerprint density at radius 2 is 2.03 bits per heavy atom. The van der Waals surface area contributed by atoms with E-state index in [2.05, 4.69) is 16.8 Å². The van der Waals surface area contributed by atoms with Crippen LogP contribution in [-0.2, 0) is 19.5 Å². The monoisotopic (exact) mass is 432 g/mol. The summed E-state index contributed by atoms with van der Waals surface area (Å²) in [5, 5.41) is 1.20. The molecule has 0 radical (unpaired) electrons. The molecular formula is C21H25ClN4O2S. The number of rotatable bonds is 5. The van der Waals surface area contributed by atoms with E-state index >= 15 is 0 Å². The summed E-state index contributed by atoms with van der Waals surface area (Å²) in [5.74, 6) is 0. The van der Waals surface area contributed by atoms with Gasteiger partial charge in [-0.25, -0.2) is 9.36 Å². The maximum Gasteiger partial charge on any atom is 0.336 e. The number of hydrogen-bond acceptors (Lipinski definition) is 5. The smallest absolute Gasteiger partial charge is 0.309 e. The third-order valence-electron chi connectivity index (χ3n) is 5.37. The first kappa shape index (κ1) is 20.3. The van der Waals surface area contributed by atoms with E-state index in [0.717, 1.165) is 42.9 Å². The van der Waals surface area contributed by atoms with E-state index in [9.17, 15) is 9.59 Å². The molecule has 1 aliphatic heterocycles. The molecule has 3 aromatic rings. The van der Waals surface area contributed by atoms with Crippen LogP contribution in [0.25, 0.3) is 15.9 Å². The number of hydrogen-bond donors (Lipinski definition) is 0. The standard InChI is InChI=1S/C21H25ClN4O2S/c1-23(2)9-5-10-25-20-18(16-8-11-24(3)13-17(16)29-20)19(27)26(21(25)28)15-7-4-6-14(22)12-15/h4,6-7,12H,5,8-11,13H2,1-3H3. The molecule has 1 aromatic carbocycles. The second kappa shape index (κ2) is 8.07. The number of nitrogens with zero attached hydrogens (tertiary/aromatic N) is 4. The molecule has 0 saturated carbocycles. The Kier molecular flexibility index (Phi) is 5.66. The third kappa shape index (κ3) is 3.80. The van der Waals surface area contributed by atoms with Crippen LogP contribution in [0.4, 0.5) is 0 Å². The molecule has 6 nitrogen and oxygen atoms in total. The van der Waals surface area contributed by atoms with Gasteiger partial charge in [0.25, 0.3) is 5.56 Å². The van der Waals surface area contributed by atoms with Gasteiger partial charge in [0.15, 0.2) is 0 Å². The van der Waals surface area contributed by atoms with Crippen molar-refractivity contribution in [1.82, 2.24) is 18.9 Å². The highest BCUT2D eigenvalue weighted by Crippen LogP contribution is 2.32. The van der Waals surface area contributed by atoms with Crippen LogP contribution in [0.15, 0.2) is 33.9 Å². The van der Waals surface area contributed by atoms with E-state index in [1.54, 1.807) is 40.2 Å². The number of halogens is 1. The van der Waals surface area contributed by atoms with E-state index in [1.165, 1.54) is 9.44 Å². The van der Waals surface area contributed by atoms with Gasteiger partial charge >= 0.3 is 5.69 Å². The topological polar surface area (TPSA) is 50.5 Å². The first-order valence-electron chi connectivity index (χ1n) is 9.76. The van der Waals surface area contributed by atoms with Crippen molar-refractivity contribution in [2.75, 3.05) is 34.2 Å². The molecule has 0 N–H and O–H groups in total. The average molecular weight is 433 g/mol. The molecule has 0 atom stereocenters. The first-order valence-corrected chi connectivity index (χ1v) is 11.0. The fourth-order valence-corrected chi connectivity index (χ4v) is 5.54. The van der Waals surface area contributed by atoms with Gasteiger partial charge in [0.05, 0.1) is 11.1 Å². The zero-order valence-electron chi connectivity index (χ0n) is 16.9. The fourth-order valence-electron chi connectivity index (χ4n) is 3.92. The summed E-state index contributed by atoms with van der Waals surface area (Å²) in [6.07, 6.45) is 1.66. The van der Waals surface area contributed by atoms with Gasteiger partial charge in [0.1, 0.15) is 4.83 Å². The Bertz CT molecular complexity index is 1180. The van der Waals surface area contributed by atoms with E-state index in [0.29, 0.717) is 22.6 Å². The molecule has 8 heteroatoms. The number of fused-ring (bicyclic) bond motifs is 3. The van der Waals surface area contributed by atoms with Crippen molar-refractivity contribution >= 4 is 33.2 Å². The fraction of sp³-hybridized carbons (Fsp3) is 0.429. The average Bonchev–Trinajstić information content (AvgIpc) is 3.03. The van der Waals surface area contributed by atoms with Gasteiger partial charge in [-0.15, -0.1) is 11.3 Å². The zero-order valence-corrected chi connectivity index (χ0v) is 18.5. The Morgan fingerprint density at radius 3 is 2.76 bits per heavy atom. The minimum Gasteiger partial charge on any atom is -0.309 e. The van der Waals surface area contributed by atoms with Gasteiger partial charge in [-0.05, 0) is 64.3 Å². The number of benzene rings is 1. The normalized spacial score (nSPS) is 14.7. The highest BCUT2D eigenvalue weighted by atomic mass is 35.5. The lowest BCUT2D eigenvalue weighted by Gasteiger charge is -2.21. The van der Waals surface area contributed by atoms with Crippen LogP contribution in [0, 0.1) is 0 Å². The molecule has 0 bridgehead atoms. The Hall–Kier alpha value is -1.93. The van der Waals surface area contributed by atoms with Crippen LogP contribution < -0.4 is 11.2 Å². The van der Waals surface area contributed by atoms with E-state index in [-0.39, 0.29) is 11.2 Å². The molecule has 0 unspecified atom stereocenters. The SMILES string of the molecule is CN(C)CCCn1c(=O)n(-c2cccc(Cl)c2)c(=O)c2c3c(sc21)CN(C)CC3. The molecule has 2 aromatic heterocycles.